The summed E-state index contributed by atoms with van der Waals surface area (Å²) in [5, 5.41) is 2.51. The first-order valence-corrected chi connectivity index (χ1v) is 5.50. The van der Waals surface area contributed by atoms with Crippen LogP contribution in [0.1, 0.15) is 15.9 Å². The van der Waals surface area contributed by atoms with E-state index in [1.54, 1.807) is 12.1 Å². The van der Waals surface area contributed by atoms with Crippen LogP contribution in [0.4, 0.5) is 15.8 Å². The van der Waals surface area contributed by atoms with E-state index < -0.39 is 5.82 Å². The quantitative estimate of drug-likeness (QED) is 0.798. The Kier molecular flexibility index (Phi) is 3.28. The monoisotopic (exact) mass is 244 g/mol. The smallest absolute Gasteiger partial charge is 0.256 e. The lowest BCUT2D eigenvalue weighted by molar-refractivity contribution is 0.102. The average molecular weight is 244 g/mol. The lowest BCUT2D eigenvalue weighted by Crippen LogP contribution is -2.14. The number of rotatable bonds is 2. The summed E-state index contributed by atoms with van der Waals surface area (Å²) >= 11 is 0. The third kappa shape index (κ3) is 2.48. The largest absolute Gasteiger partial charge is 0.399 e. The van der Waals surface area contributed by atoms with Crippen molar-refractivity contribution in [1.29, 1.82) is 0 Å². The first-order valence-electron chi connectivity index (χ1n) is 5.50. The van der Waals surface area contributed by atoms with E-state index in [0.29, 0.717) is 11.3 Å². The van der Waals surface area contributed by atoms with Crippen molar-refractivity contribution in [1.82, 2.24) is 0 Å². The molecule has 0 aliphatic rings. The second-order valence-corrected chi connectivity index (χ2v) is 4.01. The predicted molar refractivity (Wildman–Crippen MR) is 69.9 cm³/mol. The van der Waals surface area contributed by atoms with E-state index in [9.17, 15) is 9.18 Å². The van der Waals surface area contributed by atoms with Crippen LogP contribution in [0.5, 0.6) is 0 Å². The molecule has 0 aliphatic carbocycles. The zero-order valence-corrected chi connectivity index (χ0v) is 9.91. The summed E-state index contributed by atoms with van der Waals surface area (Å²) in [6, 6.07) is 11.2. The molecule has 0 fully saturated rings. The zero-order valence-electron chi connectivity index (χ0n) is 9.91. The first kappa shape index (κ1) is 12.1. The molecule has 18 heavy (non-hydrogen) atoms. The molecule has 2 rings (SSSR count). The summed E-state index contributed by atoms with van der Waals surface area (Å²) in [6.45, 7) is 1.82. The first-order chi connectivity index (χ1) is 8.58. The highest BCUT2D eigenvalue weighted by Gasteiger charge is 2.11. The maximum atomic E-state index is 13.5. The number of aryl methyl sites for hydroxylation is 1. The van der Waals surface area contributed by atoms with Gasteiger partial charge in [-0.1, -0.05) is 18.2 Å². The Morgan fingerprint density at radius 2 is 1.94 bits per heavy atom. The van der Waals surface area contributed by atoms with Gasteiger partial charge in [-0.15, -0.1) is 0 Å². The Morgan fingerprint density at radius 1 is 1.22 bits per heavy atom. The van der Waals surface area contributed by atoms with Crippen LogP contribution in [0, 0.1) is 12.7 Å². The number of anilines is 2. The van der Waals surface area contributed by atoms with Crippen molar-refractivity contribution in [2.45, 2.75) is 6.92 Å². The summed E-state index contributed by atoms with van der Waals surface area (Å²) in [4.78, 5) is 12.0. The van der Waals surface area contributed by atoms with Gasteiger partial charge < -0.3 is 11.1 Å². The van der Waals surface area contributed by atoms with Crippen LogP contribution in [0.2, 0.25) is 0 Å². The van der Waals surface area contributed by atoms with Gasteiger partial charge in [-0.25, -0.2) is 4.39 Å². The van der Waals surface area contributed by atoms with Crippen molar-refractivity contribution >= 4 is 17.3 Å². The van der Waals surface area contributed by atoms with Gasteiger partial charge in [-0.3, -0.25) is 4.79 Å². The van der Waals surface area contributed by atoms with Crippen molar-refractivity contribution in [3.05, 3.63) is 59.4 Å². The summed E-state index contributed by atoms with van der Waals surface area (Å²) in [5.74, 6) is -0.858. The molecule has 4 heteroatoms. The van der Waals surface area contributed by atoms with E-state index in [4.69, 9.17) is 5.73 Å². The molecule has 3 N–H and O–H groups in total. The lowest BCUT2D eigenvalue weighted by atomic mass is 10.1. The van der Waals surface area contributed by atoms with Gasteiger partial charge in [-0.05, 0) is 36.8 Å². The lowest BCUT2D eigenvalue weighted by Gasteiger charge is -2.08. The number of nitrogen functional groups attached to an aromatic ring is 1. The fourth-order valence-electron chi connectivity index (χ4n) is 1.66. The summed E-state index contributed by atoms with van der Waals surface area (Å²) in [6.07, 6.45) is 0. The van der Waals surface area contributed by atoms with Gasteiger partial charge in [0.15, 0.2) is 0 Å². The fraction of sp³-hybridized carbons (Fsp3) is 0.0714. The second kappa shape index (κ2) is 4.87. The van der Waals surface area contributed by atoms with Gasteiger partial charge >= 0.3 is 0 Å². The van der Waals surface area contributed by atoms with E-state index in [2.05, 4.69) is 5.32 Å². The third-order valence-corrected chi connectivity index (χ3v) is 2.63. The molecule has 1 amide bonds. The van der Waals surface area contributed by atoms with Gasteiger partial charge in [-0.2, -0.15) is 0 Å². The number of halogens is 1. The van der Waals surface area contributed by atoms with Crippen LogP contribution in [0.15, 0.2) is 42.5 Å². The van der Waals surface area contributed by atoms with Gasteiger partial charge in [0.2, 0.25) is 0 Å². The van der Waals surface area contributed by atoms with Crippen molar-refractivity contribution < 1.29 is 9.18 Å². The van der Waals surface area contributed by atoms with Crippen molar-refractivity contribution in [2.75, 3.05) is 11.1 Å². The molecule has 0 unspecified atom stereocenters. The summed E-state index contributed by atoms with van der Waals surface area (Å²) in [5.41, 5.74) is 7.39. The van der Waals surface area contributed by atoms with Gasteiger partial charge in [0.25, 0.3) is 5.91 Å². The van der Waals surface area contributed by atoms with Crippen LogP contribution in [-0.2, 0) is 0 Å². The van der Waals surface area contributed by atoms with E-state index in [1.807, 2.05) is 19.1 Å². The molecule has 0 spiro atoms. The summed E-state index contributed by atoms with van der Waals surface area (Å²) < 4.78 is 13.5. The van der Waals surface area contributed by atoms with E-state index in [0.717, 1.165) is 5.56 Å². The highest BCUT2D eigenvalue weighted by atomic mass is 19.1. The Bertz CT molecular complexity index is 596. The summed E-state index contributed by atoms with van der Waals surface area (Å²) in [7, 11) is 0. The molecule has 0 aliphatic heterocycles. The third-order valence-electron chi connectivity index (χ3n) is 2.63. The molecular formula is C14H13FN2O. The SMILES string of the molecule is Cc1ccccc1C(=O)Nc1cc(N)ccc1F. The number of hydrogen-bond donors (Lipinski definition) is 2. The Hall–Kier alpha value is -2.36. The molecule has 2 aromatic carbocycles. The highest BCUT2D eigenvalue weighted by Crippen LogP contribution is 2.19. The molecular weight excluding hydrogens is 231 g/mol. The van der Waals surface area contributed by atoms with Crippen molar-refractivity contribution in [2.24, 2.45) is 0 Å². The molecule has 2 aromatic rings. The Morgan fingerprint density at radius 3 is 2.67 bits per heavy atom. The van der Waals surface area contributed by atoms with Crippen molar-refractivity contribution in [3.8, 4) is 0 Å². The van der Waals surface area contributed by atoms with E-state index in [-0.39, 0.29) is 11.6 Å². The van der Waals surface area contributed by atoms with Crippen LogP contribution in [-0.4, -0.2) is 5.91 Å². The number of nitrogens with two attached hydrogens (primary N) is 1. The topological polar surface area (TPSA) is 55.1 Å². The number of hydrogen-bond acceptors (Lipinski definition) is 2. The maximum Gasteiger partial charge on any atom is 0.256 e. The van der Waals surface area contributed by atoms with Gasteiger partial charge in [0.1, 0.15) is 5.82 Å². The number of carbonyl (C=O) groups is 1. The molecule has 0 atom stereocenters. The number of carbonyl (C=O) groups excluding carboxylic acids is 1. The number of benzene rings is 2. The van der Waals surface area contributed by atoms with E-state index in [1.165, 1.54) is 18.2 Å². The fourth-order valence-corrected chi connectivity index (χ4v) is 1.66. The maximum absolute atomic E-state index is 13.5. The van der Waals surface area contributed by atoms with Crippen LogP contribution in [0.3, 0.4) is 0 Å². The predicted octanol–water partition coefficient (Wildman–Crippen LogP) is 2.97. The standard InChI is InChI=1S/C14H13FN2O/c1-9-4-2-3-5-11(9)14(18)17-13-8-10(16)6-7-12(13)15/h2-8H,16H2,1H3,(H,17,18). The highest BCUT2D eigenvalue weighted by molar-refractivity contribution is 6.05. The van der Waals surface area contributed by atoms with Gasteiger partial charge in [0, 0.05) is 11.3 Å². The molecule has 92 valence electrons. The van der Waals surface area contributed by atoms with Gasteiger partial charge in [0.05, 0.1) is 5.69 Å². The van der Waals surface area contributed by atoms with Crippen LogP contribution in [0.25, 0.3) is 0 Å². The Labute approximate surface area is 104 Å². The zero-order chi connectivity index (χ0) is 13.1. The normalized spacial score (nSPS) is 10.1. The minimum atomic E-state index is -0.508. The average Bonchev–Trinajstić information content (AvgIpc) is 2.34. The molecule has 0 saturated heterocycles. The molecule has 0 saturated carbocycles. The molecule has 3 nitrogen and oxygen atoms in total. The molecule has 0 heterocycles. The molecule has 0 bridgehead atoms. The number of amides is 1. The minimum absolute atomic E-state index is 0.0863. The van der Waals surface area contributed by atoms with E-state index >= 15 is 0 Å². The van der Waals surface area contributed by atoms with Crippen molar-refractivity contribution in [3.63, 3.8) is 0 Å². The second-order valence-electron chi connectivity index (χ2n) is 4.01. The molecule has 0 radical (unpaired) electrons. The Balaban J connectivity index is 2.27. The minimum Gasteiger partial charge on any atom is -0.399 e. The van der Waals surface area contributed by atoms with Crippen LogP contribution < -0.4 is 11.1 Å². The van der Waals surface area contributed by atoms with Crippen LogP contribution >= 0.6 is 0 Å². The number of nitrogens with one attached hydrogen (secondary N) is 1. The molecule has 0 aromatic heterocycles.